The number of aliphatic imine (C=N–C) groups is 1. The van der Waals surface area contributed by atoms with Crippen molar-refractivity contribution in [3.8, 4) is 17.2 Å². The molecule has 0 bridgehead atoms. The van der Waals surface area contributed by atoms with Gasteiger partial charge in [0.15, 0.2) is 5.96 Å². The van der Waals surface area contributed by atoms with E-state index in [0.717, 1.165) is 11.3 Å². The molecule has 146 valence electrons. The van der Waals surface area contributed by atoms with Crippen molar-refractivity contribution >= 4 is 11.6 Å². The third-order valence-electron chi connectivity index (χ3n) is 4.29. The highest BCUT2D eigenvalue weighted by Crippen LogP contribution is 2.34. The van der Waals surface area contributed by atoms with Crippen LogP contribution in [0.3, 0.4) is 0 Å². The number of ether oxygens (including phenoxy) is 3. The van der Waals surface area contributed by atoms with Crippen LogP contribution < -0.4 is 25.3 Å². The quantitative estimate of drug-likeness (QED) is 0.545. The van der Waals surface area contributed by atoms with Crippen LogP contribution >= 0.6 is 0 Å². The van der Waals surface area contributed by atoms with Gasteiger partial charge in [0.2, 0.25) is 0 Å². The van der Waals surface area contributed by atoms with Gasteiger partial charge < -0.3 is 25.3 Å². The van der Waals surface area contributed by atoms with Crippen LogP contribution in [-0.4, -0.2) is 33.8 Å². The summed E-state index contributed by atoms with van der Waals surface area (Å²) in [6, 6.07) is 11.8. The minimum Gasteiger partial charge on any atom is -0.496 e. The Balaban J connectivity index is 2.07. The maximum Gasteiger partial charge on any atom is 0.193 e. The van der Waals surface area contributed by atoms with Crippen molar-refractivity contribution in [2.75, 3.05) is 33.2 Å². The van der Waals surface area contributed by atoms with E-state index in [1.807, 2.05) is 24.3 Å². The van der Waals surface area contributed by atoms with E-state index in [0.29, 0.717) is 42.1 Å². The van der Waals surface area contributed by atoms with E-state index in [4.69, 9.17) is 19.9 Å². The Hall–Kier alpha value is -2.89. The first kappa shape index (κ1) is 20.4. The molecule has 0 fully saturated rings. The van der Waals surface area contributed by atoms with Gasteiger partial charge in [-0.3, -0.25) is 4.99 Å². The maximum atomic E-state index is 6.04. The zero-order valence-corrected chi connectivity index (χ0v) is 16.7. The topological polar surface area (TPSA) is 78.1 Å². The summed E-state index contributed by atoms with van der Waals surface area (Å²) in [5, 5.41) is 3.14. The fraction of sp³-hybridized carbons (Fsp3) is 0.381. The van der Waals surface area contributed by atoms with Crippen LogP contribution in [0, 0.1) is 0 Å². The second kappa shape index (κ2) is 9.71. The Labute approximate surface area is 161 Å². The molecule has 0 saturated carbocycles. The first-order valence-electron chi connectivity index (χ1n) is 8.94. The van der Waals surface area contributed by atoms with Crippen LogP contribution in [0.5, 0.6) is 17.2 Å². The molecule has 6 nitrogen and oxygen atoms in total. The number of anilines is 1. The highest BCUT2D eigenvalue weighted by molar-refractivity contribution is 5.92. The van der Waals surface area contributed by atoms with Gasteiger partial charge >= 0.3 is 0 Å². The smallest absolute Gasteiger partial charge is 0.193 e. The van der Waals surface area contributed by atoms with Crippen molar-refractivity contribution in [1.82, 2.24) is 0 Å². The van der Waals surface area contributed by atoms with E-state index in [2.05, 4.69) is 36.3 Å². The van der Waals surface area contributed by atoms with Crippen LogP contribution in [0.15, 0.2) is 41.4 Å². The number of methoxy groups -OCH3 is 3. The van der Waals surface area contributed by atoms with Crippen molar-refractivity contribution < 1.29 is 14.2 Å². The average molecular weight is 371 g/mol. The number of nitrogens with one attached hydrogen (secondary N) is 1. The molecule has 0 heterocycles. The number of hydrogen-bond donors (Lipinski definition) is 2. The predicted octanol–water partition coefficient (Wildman–Crippen LogP) is 3.81. The Morgan fingerprint density at radius 2 is 1.70 bits per heavy atom. The minimum absolute atomic E-state index is 0.377. The highest BCUT2D eigenvalue weighted by atomic mass is 16.5. The molecule has 0 spiro atoms. The minimum atomic E-state index is 0.377. The van der Waals surface area contributed by atoms with E-state index in [9.17, 15) is 0 Å². The highest BCUT2D eigenvalue weighted by Gasteiger charge is 2.13. The molecule has 0 aromatic heterocycles. The van der Waals surface area contributed by atoms with Gasteiger partial charge in [-0.25, -0.2) is 0 Å². The first-order valence-corrected chi connectivity index (χ1v) is 8.94. The second-order valence-electron chi connectivity index (χ2n) is 6.43. The fourth-order valence-electron chi connectivity index (χ4n) is 2.78. The Morgan fingerprint density at radius 3 is 2.26 bits per heavy atom. The van der Waals surface area contributed by atoms with E-state index in [-0.39, 0.29) is 0 Å². The van der Waals surface area contributed by atoms with Crippen LogP contribution in [0.25, 0.3) is 0 Å². The number of nitrogens with zero attached hydrogens (tertiary/aromatic N) is 1. The van der Waals surface area contributed by atoms with E-state index < -0.39 is 0 Å². The van der Waals surface area contributed by atoms with Crippen LogP contribution in [0.2, 0.25) is 0 Å². The average Bonchev–Trinajstić information content (AvgIpc) is 2.67. The van der Waals surface area contributed by atoms with Gasteiger partial charge in [0.05, 0.1) is 21.3 Å². The van der Waals surface area contributed by atoms with Crippen LogP contribution in [-0.2, 0) is 6.42 Å². The first-order chi connectivity index (χ1) is 13.0. The molecule has 0 saturated heterocycles. The summed E-state index contributed by atoms with van der Waals surface area (Å²) in [4.78, 5) is 4.42. The summed E-state index contributed by atoms with van der Waals surface area (Å²) in [5.74, 6) is 2.93. The molecular weight excluding hydrogens is 342 g/mol. The molecule has 0 unspecified atom stereocenters. The molecule has 2 aromatic rings. The lowest BCUT2D eigenvalue weighted by Gasteiger charge is -2.14. The summed E-state index contributed by atoms with van der Waals surface area (Å²) >= 11 is 0. The van der Waals surface area contributed by atoms with Gasteiger partial charge in [0, 0.05) is 29.9 Å². The van der Waals surface area contributed by atoms with Crippen LogP contribution in [0.1, 0.15) is 30.9 Å². The summed E-state index contributed by atoms with van der Waals surface area (Å²) in [6.07, 6.45) is 0.630. The van der Waals surface area contributed by atoms with Gasteiger partial charge in [-0.1, -0.05) is 26.0 Å². The largest absolute Gasteiger partial charge is 0.496 e. The lowest BCUT2D eigenvalue weighted by atomic mass is 10.0. The molecule has 0 radical (unpaired) electrons. The van der Waals surface area contributed by atoms with Gasteiger partial charge in [0.1, 0.15) is 17.2 Å². The normalized spacial score (nSPS) is 11.4. The summed E-state index contributed by atoms with van der Waals surface area (Å²) in [7, 11) is 4.86. The maximum absolute atomic E-state index is 6.04. The van der Waals surface area contributed by atoms with Crippen LogP contribution in [0.4, 0.5) is 5.69 Å². The predicted molar refractivity (Wildman–Crippen MR) is 110 cm³/mol. The number of guanidine groups is 1. The fourth-order valence-corrected chi connectivity index (χ4v) is 2.78. The molecular formula is C21H29N3O3. The molecule has 0 aliphatic carbocycles. The van der Waals surface area contributed by atoms with Gasteiger partial charge in [-0.05, 0) is 30.0 Å². The van der Waals surface area contributed by atoms with Crippen molar-refractivity contribution in [1.29, 1.82) is 0 Å². The van der Waals surface area contributed by atoms with Gasteiger partial charge in [-0.15, -0.1) is 0 Å². The van der Waals surface area contributed by atoms with Crippen molar-refractivity contribution in [2.24, 2.45) is 10.7 Å². The van der Waals surface area contributed by atoms with Gasteiger partial charge in [0.25, 0.3) is 0 Å². The molecule has 0 aliphatic heterocycles. The van der Waals surface area contributed by atoms with Gasteiger partial charge in [-0.2, -0.15) is 0 Å². The SMILES string of the molecule is COc1cc(OC)c(CCN=C(N)Nc2cccc(C(C)C)c2)c(OC)c1. The van der Waals surface area contributed by atoms with Crippen molar-refractivity contribution in [3.63, 3.8) is 0 Å². The molecule has 6 heteroatoms. The standard InChI is InChI=1S/C21H29N3O3/c1-14(2)15-7-6-8-16(11-15)24-21(22)23-10-9-18-19(26-4)12-17(25-3)13-20(18)27-5/h6-8,11-14H,9-10H2,1-5H3,(H3,22,23,24). The lowest BCUT2D eigenvalue weighted by molar-refractivity contribution is 0.369. The number of nitrogens with two attached hydrogens (primary N) is 1. The molecule has 2 aromatic carbocycles. The third-order valence-corrected chi connectivity index (χ3v) is 4.29. The molecule has 3 N–H and O–H groups in total. The summed E-state index contributed by atoms with van der Waals surface area (Å²) < 4.78 is 16.2. The second-order valence-corrected chi connectivity index (χ2v) is 6.43. The lowest BCUT2D eigenvalue weighted by Crippen LogP contribution is -2.23. The molecule has 2 rings (SSSR count). The van der Waals surface area contributed by atoms with E-state index >= 15 is 0 Å². The number of hydrogen-bond acceptors (Lipinski definition) is 4. The monoisotopic (exact) mass is 371 g/mol. The van der Waals surface area contributed by atoms with Crippen molar-refractivity contribution in [3.05, 3.63) is 47.5 Å². The molecule has 27 heavy (non-hydrogen) atoms. The van der Waals surface area contributed by atoms with Crippen molar-refractivity contribution in [2.45, 2.75) is 26.2 Å². The zero-order chi connectivity index (χ0) is 19.8. The zero-order valence-electron chi connectivity index (χ0n) is 16.7. The third kappa shape index (κ3) is 5.54. The van der Waals surface area contributed by atoms with E-state index in [1.54, 1.807) is 21.3 Å². The Kier molecular flexibility index (Phi) is 7.34. The van der Waals surface area contributed by atoms with E-state index in [1.165, 1.54) is 5.56 Å². The Bertz CT molecular complexity index is 763. The molecule has 0 amide bonds. The number of benzene rings is 2. The summed E-state index contributed by atoms with van der Waals surface area (Å²) in [5.41, 5.74) is 9.15. The molecule has 0 aliphatic rings. The summed E-state index contributed by atoms with van der Waals surface area (Å²) in [6.45, 7) is 4.82. The molecule has 0 atom stereocenters. The Morgan fingerprint density at radius 1 is 1.04 bits per heavy atom. The number of rotatable bonds is 8.